The number of unbranched alkanes of at least 4 members (excludes halogenated alkanes) is 1. The smallest absolute Gasteiger partial charge is 0.137 e. The number of hydrogen-bond acceptors (Lipinski definition) is 3. The van der Waals surface area contributed by atoms with Crippen molar-refractivity contribution in [3.05, 3.63) is 28.8 Å². The van der Waals surface area contributed by atoms with Gasteiger partial charge in [0.05, 0.1) is 12.1 Å². The van der Waals surface area contributed by atoms with Gasteiger partial charge in [-0.1, -0.05) is 17.7 Å². The third-order valence-electron chi connectivity index (χ3n) is 2.61. The minimum atomic E-state index is 0.674. The number of nitrogens with two attached hydrogens (primary N) is 1. The molecule has 0 aliphatic carbocycles. The van der Waals surface area contributed by atoms with E-state index in [1.165, 1.54) is 5.56 Å². The van der Waals surface area contributed by atoms with Crippen molar-refractivity contribution in [3.8, 4) is 5.75 Å². The summed E-state index contributed by atoms with van der Waals surface area (Å²) in [4.78, 5) is 0. The second-order valence-electron chi connectivity index (χ2n) is 3.96. The minimum absolute atomic E-state index is 0.674. The first-order valence-electron chi connectivity index (χ1n) is 6.01. The van der Waals surface area contributed by atoms with Crippen molar-refractivity contribution >= 4 is 11.6 Å². The quantitative estimate of drug-likeness (QED) is 0.701. The molecule has 0 spiro atoms. The molecule has 1 aromatic rings. The van der Waals surface area contributed by atoms with Crippen molar-refractivity contribution < 1.29 is 4.74 Å². The van der Waals surface area contributed by atoms with Gasteiger partial charge in [0.1, 0.15) is 5.75 Å². The zero-order valence-electron chi connectivity index (χ0n) is 10.3. The van der Waals surface area contributed by atoms with Crippen molar-refractivity contribution in [2.75, 3.05) is 26.7 Å². The Morgan fingerprint density at radius 3 is 2.76 bits per heavy atom. The van der Waals surface area contributed by atoms with Gasteiger partial charge < -0.3 is 15.8 Å². The predicted octanol–water partition coefficient (Wildman–Crippen LogP) is 2.22. The van der Waals surface area contributed by atoms with Crippen LogP contribution < -0.4 is 15.8 Å². The van der Waals surface area contributed by atoms with Gasteiger partial charge >= 0.3 is 0 Å². The van der Waals surface area contributed by atoms with Crippen LogP contribution in [0, 0.1) is 0 Å². The maximum atomic E-state index is 6.05. The highest BCUT2D eigenvalue weighted by atomic mass is 35.5. The van der Waals surface area contributed by atoms with Crippen molar-refractivity contribution in [2.45, 2.75) is 19.3 Å². The van der Waals surface area contributed by atoms with Crippen LogP contribution in [-0.4, -0.2) is 26.7 Å². The molecule has 4 heteroatoms. The Balaban J connectivity index is 2.25. The average molecular weight is 257 g/mol. The van der Waals surface area contributed by atoms with Gasteiger partial charge in [-0.15, -0.1) is 0 Å². The molecule has 0 amide bonds. The number of ether oxygens (including phenoxy) is 1. The third-order valence-corrected chi connectivity index (χ3v) is 2.91. The van der Waals surface area contributed by atoms with Crippen LogP contribution in [0.15, 0.2) is 18.2 Å². The predicted molar refractivity (Wildman–Crippen MR) is 72.9 cm³/mol. The Labute approximate surface area is 108 Å². The highest BCUT2D eigenvalue weighted by molar-refractivity contribution is 6.32. The standard InChI is InChI=1S/C13H21ClN2O/c1-17-13-5-4-11(10-12(13)14)6-9-16-8-3-2-7-15/h4-5,10,16H,2-3,6-9,15H2,1H3. The molecular weight excluding hydrogens is 236 g/mol. The number of nitrogens with one attached hydrogen (secondary N) is 1. The highest BCUT2D eigenvalue weighted by Crippen LogP contribution is 2.24. The Hall–Kier alpha value is -0.770. The normalized spacial score (nSPS) is 10.5. The Bertz CT molecular complexity index is 331. The van der Waals surface area contributed by atoms with Crippen LogP contribution in [0.1, 0.15) is 18.4 Å². The molecule has 0 aliphatic heterocycles. The largest absolute Gasteiger partial charge is 0.495 e. The molecule has 0 radical (unpaired) electrons. The number of halogens is 1. The van der Waals surface area contributed by atoms with Crippen LogP contribution in [-0.2, 0) is 6.42 Å². The van der Waals surface area contributed by atoms with Crippen LogP contribution >= 0.6 is 11.6 Å². The summed E-state index contributed by atoms with van der Waals surface area (Å²) >= 11 is 6.05. The fourth-order valence-corrected chi connectivity index (χ4v) is 1.90. The molecule has 0 atom stereocenters. The number of benzene rings is 1. The summed E-state index contributed by atoms with van der Waals surface area (Å²) in [6.07, 6.45) is 3.20. The number of hydrogen-bond donors (Lipinski definition) is 2. The molecule has 0 unspecified atom stereocenters. The molecule has 1 rings (SSSR count). The summed E-state index contributed by atoms with van der Waals surface area (Å²) < 4.78 is 5.11. The van der Waals surface area contributed by atoms with E-state index in [-0.39, 0.29) is 0 Å². The second kappa shape index (κ2) is 8.34. The van der Waals surface area contributed by atoms with E-state index in [4.69, 9.17) is 22.1 Å². The molecule has 17 heavy (non-hydrogen) atoms. The third kappa shape index (κ3) is 5.39. The van der Waals surface area contributed by atoms with E-state index in [2.05, 4.69) is 5.32 Å². The lowest BCUT2D eigenvalue weighted by Crippen LogP contribution is -2.19. The van der Waals surface area contributed by atoms with Crippen LogP contribution in [0.5, 0.6) is 5.75 Å². The van der Waals surface area contributed by atoms with Crippen LogP contribution in [0.25, 0.3) is 0 Å². The van der Waals surface area contributed by atoms with E-state index in [1.807, 2.05) is 18.2 Å². The Morgan fingerprint density at radius 1 is 1.29 bits per heavy atom. The highest BCUT2D eigenvalue weighted by Gasteiger charge is 2.01. The van der Waals surface area contributed by atoms with Crippen molar-refractivity contribution in [1.82, 2.24) is 5.32 Å². The summed E-state index contributed by atoms with van der Waals surface area (Å²) in [5.74, 6) is 0.728. The van der Waals surface area contributed by atoms with E-state index in [1.54, 1.807) is 7.11 Å². The van der Waals surface area contributed by atoms with Gasteiger partial charge in [-0.25, -0.2) is 0 Å². The molecule has 3 nitrogen and oxygen atoms in total. The summed E-state index contributed by atoms with van der Waals surface area (Å²) in [6, 6.07) is 5.92. The zero-order chi connectivity index (χ0) is 12.5. The van der Waals surface area contributed by atoms with Crippen LogP contribution in [0.2, 0.25) is 5.02 Å². The lowest BCUT2D eigenvalue weighted by atomic mass is 10.1. The number of rotatable bonds is 8. The Kier molecular flexibility index (Phi) is 7.01. The maximum Gasteiger partial charge on any atom is 0.137 e. The summed E-state index contributed by atoms with van der Waals surface area (Å²) in [6.45, 7) is 2.77. The Morgan fingerprint density at radius 2 is 2.12 bits per heavy atom. The fourth-order valence-electron chi connectivity index (χ4n) is 1.62. The zero-order valence-corrected chi connectivity index (χ0v) is 11.1. The van der Waals surface area contributed by atoms with Crippen molar-refractivity contribution in [2.24, 2.45) is 5.73 Å². The molecule has 0 saturated heterocycles. The molecule has 0 heterocycles. The van der Waals surface area contributed by atoms with Gasteiger partial charge in [0, 0.05) is 0 Å². The van der Waals surface area contributed by atoms with Gasteiger partial charge in [0.25, 0.3) is 0 Å². The van der Waals surface area contributed by atoms with Gasteiger partial charge in [-0.3, -0.25) is 0 Å². The first-order valence-corrected chi connectivity index (χ1v) is 6.39. The molecule has 0 bridgehead atoms. The van der Waals surface area contributed by atoms with Crippen LogP contribution in [0.4, 0.5) is 0 Å². The molecule has 0 saturated carbocycles. The van der Waals surface area contributed by atoms with Gasteiger partial charge in [0.2, 0.25) is 0 Å². The van der Waals surface area contributed by atoms with Gasteiger partial charge in [0.15, 0.2) is 0 Å². The summed E-state index contributed by atoms with van der Waals surface area (Å²) in [5, 5.41) is 4.06. The molecule has 0 fully saturated rings. The molecule has 1 aromatic carbocycles. The van der Waals surface area contributed by atoms with E-state index in [0.717, 1.165) is 44.6 Å². The minimum Gasteiger partial charge on any atom is -0.495 e. The first-order chi connectivity index (χ1) is 8.27. The van der Waals surface area contributed by atoms with E-state index in [9.17, 15) is 0 Å². The maximum absolute atomic E-state index is 6.05. The SMILES string of the molecule is COc1ccc(CCNCCCCN)cc1Cl. The van der Waals surface area contributed by atoms with Gasteiger partial charge in [-0.2, -0.15) is 0 Å². The lowest BCUT2D eigenvalue weighted by Gasteiger charge is -2.07. The van der Waals surface area contributed by atoms with Crippen molar-refractivity contribution in [1.29, 1.82) is 0 Å². The molecular formula is C13H21ClN2O. The molecule has 3 N–H and O–H groups in total. The summed E-state index contributed by atoms with van der Waals surface area (Å²) in [5.41, 5.74) is 6.65. The molecule has 96 valence electrons. The number of methoxy groups -OCH3 is 1. The van der Waals surface area contributed by atoms with E-state index >= 15 is 0 Å². The van der Waals surface area contributed by atoms with Crippen LogP contribution in [0.3, 0.4) is 0 Å². The lowest BCUT2D eigenvalue weighted by molar-refractivity contribution is 0.415. The molecule has 0 aliphatic rings. The van der Waals surface area contributed by atoms with Gasteiger partial charge in [-0.05, 0) is 56.6 Å². The summed E-state index contributed by atoms with van der Waals surface area (Å²) in [7, 11) is 1.62. The van der Waals surface area contributed by atoms with E-state index < -0.39 is 0 Å². The fraction of sp³-hybridized carbons (Fsp3) is 0.538. The molecule has 0 aromatic heterocycles. The second-order valence-corrected chi connectivity index (χ2v) is 4.37. The average Bonchev–Trinajstić information content (AvgIpc) is 2.34. The van der Waals surface area contributed by atoms with Crippen molar-refractivity contribution in [3.63, 3.8) is 0 Å². The monoisotopic (exact) mass is 256 g/mol. The van der Waals surface area contributed by atoms with E-state index in [0.29, 0.717) is 5.02 Å². The first kappa shape index (κ1) is 14.3. The topological polar surface area (TPSA) is 47.3 Å².